The van der Waals surface area contributed by atoms with Crippen LogP contribution < -0.4 is 5.32 Å². The van der Waals surface area contributed by atoms with Crippen molar-refractivity contribution in [3.8, 4) is 0 Å². The summed E-state index contributed by atoms with van der Waals surface area (Å²) in [6, 6.07) is 3.78. The molecule has 6 heteroatoms. The maximum Gasteiger partial charge on any atom is 0.308 e. The van der Waals surface area contributed by atoms with Crippen LogP contribution >= 0.6 is 11.3 Å². The van der Waals surface area contributed by atoms with Crippen molar-refractivity contribution in [3.05, 3.63) is 21.9 Å². The summed E-state index contributed by atoms with van der Waals surface area (Å²) in [4.78, 5) is 12.5. The van der Waals surface area contributed by atoms with Gasteiger partial charge in [0.05, 0.1) is 6.42 Å². The van der Waals surface area contributed by atoms with Gasteiger partial charge in [0, 0.05) is 45.1 Å². The zero-order valence-corrected chi connectivity index (χ0v) is 11.6. The van der Waals surface area contributed by atoms with Crippen molar-refractivity contribution in [1.29, 1.82) is 0 Å². The minimum absolute atomic E-state index is 0.0834. The molecule has 1 heterocycles. The predicted octanol–water partition coefficient (Wildman–Crippen LogP) is 1.23. The molecule has 2 atom stereocenters. The number of aliphatic carboxylic acids is 1. The molecule has 1 aromatic rings. The van der Waals surface area contributed by atoms with E-state index in [0.717, 1.165) is 9.75 Å². The van der Waals surface area contributed by atoms with E-state index in [0.29, 0.717) is 13.1 Å². The zero-order chi connectivity index (χ0) is 12.8. The molecule has 0 aliphatic rings. The van der Waals surface area contributed by atoms with Gasteiger partial charge in [0.2, 0.25) is 0 Å². The Kier molecular flexibility index (Phi) is 5.80. The van der Waals surface area contributed by atoms with Crippen LogP contribution in [0, 0.1) is 0 Å². The first kappa shape index (κ1) is 14.3. The molecule has 4 nitrogen and oxygen atoms in total. The minimum atomic E-state index is -0.808. The van der Waals surface area contributed by atoms with E-state index >= 15 is 0 Å². The number of carboxylic acid groups (broad SMARTS) is 1. The second-order valence-electron chi connectivity index (χ2n) is 3.88. The fourth-order valence-corrected chi connectivity index (χ4v) is 2.61. The molecule has 0 aromatic carbocycles. The van der Waals surface area contributed by atoms with E-state index in [1.807, 2.05) is 19.1 Å². The summed E-state index contributed by atoms with van der Waals surface area (Å²) in [5.41, 5.74) is 0. The Balaban J connectivity index is 2.34. The van der Waals surface area contributed by atoms with Crippen LogP contribution in [0.5, 0.6) is 0 Å². The second kappa shape index (κ2) is 6.88. The highest BCUT2D eigenvalue weighted by Crippen LogP contribution is 2.16. The number of hydrogen-bond donors (Lipinski definition) is 2. The average Bonchev–Trinajstić information content (AvgIpc) is 2.64. The molecular weight excluding hydrogens is 258 g/mol. The summed E-state index contributed by atoms with van der Waals surface area (Å²) < 4.78 is 11.1. The van der Waals surface area contributed by atoms with Crippen LogP contribution in [-0.4, -0.2) is 33.3 Å². The zero-order valence-electron chi connectivity index (χ0n) is 9.93. The van der Waals surface area contributed by atoms with Gasteiger partial charge in [-0.25, -0.2) is 0 Å². The molecule has 0 aliphatic heterocycles. The average molecular weight is 275 g/mol. The van der Waals surface area contributed by atoms with E-state index in [1.54, 1.807) is 6.26 Å². The number of carbonyl (C=O) groups is 1. The molecule has 1 aromatic heterocycles. The van der Waals surface area contributed by atoms with E-state index < -0.39 is 16.8 Å². The maximum absolute atomic E-state index is 11.1. The standard InChI is InChI=1S/C11H17NO3S2/c1-8(17(2)15)6-12-7-10-4-3-9(16-10)5-11(13)14/h3-4,8,12H,5-7H2,1-2H3,(H,13,14). The topological polar surface area (TPSA) is 66.4 Å². The van der Waals surface area contributed by atoms with Crippen molar-refractivity contribution in [2.24, 2.45) is 0 Å². The van der Waals surface area contributed by atoms with Crippen LogP contribution in [0.1, 0.15) is 16.7 Å². The van der Waals surface area contributed by atoms with Crippen LogP contribution in [0.3, 0.4) is 0 Å². The van der Waals surface area contributed by atoms with E-state index in [2.05, 4.69) is 5.32 Å². The third kappa shape index (κ3) is 5.43. The Morgan fingerprint density at radius 2 is 2.18 bits per heavy atom. The number of nitrogens with one attached hydrogen (secondary N) is 1. The summed E-state index contributed by atoms with van der Waals surface area (Å²) in [5, 5.41) is 12.0. The molecule has 0 fully saturated rings. The Bertz CT molecular complexity index is 403. The van der Waals surface area contributed by atoms with Gasteiger partial charge in [-0.3, -0.25) is 9.00 Å². The van der Waals surface area contributed by atoms with Crippen molar-refractivity contribution < 1.29 is 14.1 Å². The van der Waals surface area contributed by atoms with Gasteiger partial charge in [-0.1, -0.05) is 0 Å². The van der Waals surface area contributed by atoms with Gasteiger partial charge in [0.1, 0.15) is 0 Å². The van der Waals surface area contributed by atoms with Gasteiger partial charge in [0.15, 0.2) is 0 Å². The summed E-state index contributed by atoms with van der Waals surface area (Å²) in [5.74, 6) is -0.804. The fourth-order valence-electron chi connectivity index (χ4n) is 1.28. The maximum atomic E-state index is 11.1. The van der Waals surface area contributed by atoms with Crippen LogP contribution in [0.4, 0.5) is 0 Å². The highest BCUT2D eigenvalue weighted by atomic mass is 32.2. The molecule has 0 amide bonds. The molecule has 0 saturated carbocycles. The van der Waals surface area contributed by atoms with Gasteiger partial charge < -0.3 is 10.4 Å². The van der Waals surface area contributed by atoms with E-state index in [1.165, 1.54) is 11.3 Å². The molecule has 17 heavy (non-hydrogen) atoms. The Morgan fingerprint density at radius 1 is 1.53 bits per heavy atom. The molecule has 0 bridgehead atoms. The molecule has 1 rings (SSSR count). The van der Waals surface area contributed by atoms with Crippen molar-refractivity contribution >= 4 is 28.1 Å². The Morgan fingerprint density at radius 3 is 2.76 bits per heavy atom. The smallest absolute Gasteiger partial charge is 0.308 e. The third-order valence-electron chi connectivity index (χ3n) is 2.34. The lowest BCUT2D eigenvalue weighted by atomic mass is 10.3. The first-order valence-electron chi connectivity index (χ1n) is 5.31. The molecular formula is C11H17NO3S2. The molecule has 0 radical (unpaired) electrons. The molecule has 0 aliphatic carbocycles. The summed E-state index contributed by atoms with van der Waals surface area (Å²) in [7, 11) is -0.808. The van der Waals surface area contributed by atoms with Crippen LogP contribution in [0.2, 0.25) is 0 Å². The first-order valence-corrected chi connectivity index (χ1v) is 7.75. The molecule has 0 spiro atoms. The van der Waals surface area contributed by atoms with E-state index in [-0.39, 0.29) is 11.7 Å². The van der Waals surface area contributed by atoms with Gasteiger partial charge in [0.25, 0.3) is 0 Å². The lowest BCUT2D eigenvalue weighted by Gasteiger charge is -2.08. The molecule has 2 N–H and O–H groups in total. The second-order valence-corrected chi connectivity index (χ2v) is 6.93. The third-order valence-corrected chi connectivity index (χ3v) is 4.73. The van der Waals surface area contributed by atoms with Gasteiger partial charge in [-0.2, -0.15) is 0 Å². The Labute approximate surface area is 108 Å². The molecule has 0 saturated heterocycles. The van der Waals surface area contributed by atoms with Crippen LogP contribution in [0.25, 0.3) is 0 Å². The van der Waals surface area contributed by atoms with Crippen LogP contribution in [-0.2, 0) is 28.6 Å². The number of hydrogen-bond acceptors (Lipinski definition) is 4. The summed E-state index contributed by atoms with van der Waals surface area (Å²) in [6.07, 6.45) is 1.78. The number of rotatable bonds is 7. The Hall–Kier alpha value is -0.720. The predicted molar refractivity (Wildman–Crippen MR) is 70.9 cm³/mol. The monoisotopic (exact) mass is 275 g/mol. The van der Waals surface area contributed by atoms with Crippen molar-refractivity contribution in [2.45, 2.75) is 25.1 Å². The van der Waals surface area contributed by atoms with Crippen molar-refractivity contribution in [2.75, 3.05) is 12.8 Å². The largest absolute Gasteiger partial charge is 0.481 e. The minimum Gasteiger partial charge on any atom is -0.481 e. The molecule has 2 unspecified atom stereocenters. The van der Waals surface area contributed by atoms with Gasteiger partial charge >= 0.3 is 5.97 Å². The SMILES string of the molecule is CC(CNCc1ccc(CC(=O)O)s1)S(C)=O. The number of thiophene rings is 1. The van der Waals surface area contributed by atoms with E-state index in [9.17, 15) is 9.00 Å². The van der Waals surface area contributed by atoms with Gasteiger partial charge in [-0.05, 0) is 19.1 Å². The lowest BCUT2D eigenvalue weighted by molar-refractivity contribution is -0.136. The van der Waals surface area contributed by atoms with Crippen molar-refractivity contribution in [1.82, 2.24) is 5.32 Å². The normalized spacial score (nSPS) is 14.5. The highest BCUT2D eigenvalue weighted by molar-refractivity contribution is 7.84. The van der Waals surface area contributed by atoms with Crippen molar-refractivity contribution in [3.63, 3.8) is 0 Å². The lowest BCUT2D eigenvalue weighted by Crippen LogP contribution is -2.26. The number of carboxylic acids is 1. The summed E-state index contributed by atoms with van der Waals surface area (Å²) in [6.45, 7) is 3.34. The van der Waals surface area contributed by atoms with E-state index in [4.69, 9.17) is 5.11 Å². The fraction of sp³-hybridized carbons (Fsp3) is 0.545. The van der Waals surface area contributed by atoms with Crippen LogP contribution in [0.15, 0.2) is 12.1 Å². The summed E-state index contributed by atoms with van der Waals surface area (Å²) >= 11 is 1.50. The van der Waals surface area contributed by atoms with Gasteiger partial charge in [-0.15, -0.1) is 11.3 Å². The highest BCUT2D eigenvalue weighted by Gasteiger charge is 2.07. The first-order chi connectivity index (χ1) is 7.99. The quantitative estimate of drug-likeness (QED) is 0.785. The molecule has 96 valence electrons.